The van der Waals surface area contributed by atoms with E-state index in [0.29, 0.717) is 0 Å². The van der Waals surface area contributed by atoms with E-state index in [0.717, 1.165) is 36.7 Å². The molecule has 0 saturated heterocycles. The zero-order valence-electron chi connectivity index (χ0n) is 10.0. The Morgan fingerprint density at radius 3 is 2.67 bits per heavy atom. The van der Waals surface area contributed by atoms with Crippen LogP contribution in [0.4, 0.5) is 11.6 Å². The second-order valence-corrected chi connectivity index (χ2v) is 3.61. The molecule has 1 aromatic rings. The number of hydrogen-bond acceptors (Lipinski definition) is 4. The number of aromatic nitrogens is 2. The van der Waals surface area contributed by atoms with E-state index < -0.39 is 0 Å². The van der Waals surface area contributed by atoms with Crippen molar-refractivity contribution >= 4 is 11.6 Å². The highest BCUT2D eigenvalue weighted by Gasteiger charge is 2.08. The van der Waals surface area contributed by atoms with Gasteiger partial charge in [0.1, 0.15) is 18.0 Å². The standard InChI is InChI=1S/C11H20N4/c1-5-7-12-10-9(3)11(14-8-13-10)15(4)6-2/h8H,5-7H2,1-4H3,(H,12,13,14). The lowest BCUT2D eigenvalue weighted by atomic mass is 10.3. The molecule has 15 heavy (non-hydrogen) atoms. The van der Waals surface area contributed by atoms with Crippen LogP contribution in [0.5, 0.6) is 0 Å². The van der Waals surface area contributed by atoms with Crippen molar-refractivity contribution in [2.75, 3.05) is 30.4 Å². The Hall–Kier alpha value is -1.32. The summed E-state index contributed by atoms with van der Waals surface area (Å²) in [6.45, 7) is 8.21. The van der Waals surface area contributed by atoms with E-state index in [4.69, 9.17) is 0 Å². The molecular weight excluding hydrogens is 188 g/mol. The topological polar surface area (TPSA) is 41.1 Å². The summed E-state index contributed by atoms with van der Waals surface area (Å²) >= 11 is 0. The SMILES string of the molecule is CCCNc1ncnc(N(C)CC)c1C. The average Bonchev–Trinajstić information content (AvgIpc) is 2.27. The number of rotatable bonds is 5. The van der Waals surface area contributed by atoms with Crippen LogP contribution in [-0.4, -0.2) is 30.1 Å². The summed E-state index contributed by atoms with van der Waals surface area (Å²) in [6, 6.07) is 0. The van der Waals surface area contributed by atoms with Gasteiger partial charge in [-0.25, -0.2) is 9.97 Å². The highest BCUT2D eigenvalue weighted by molar-refractivity contribution is 5.57. The Morgan fingerprint density at radius 1 is 1.33 bits per heavy atom. The molecule has 0 fully saturated rings. The van der Waals surface area contributed by atoms with Crippen LogP contribution in [-0.2, 0) is 0 Å². The third-order valence-corrected chi connectivity index (χ3v) is 2.44. The molecule has 4 heteroatoms. The first kappa shape index (κ1) is 11.8. The minimum Gasteiger partial charge on any atom is -0.370 e. The van der Waals surface area contributed by atoms with Crippen molar-refractivity contribution in [1.82, 2.24) is 9.97 Å². The molecule has 0 aliphatic carbocycles. The van der Waals surface area contributed by atoms with Crippen molar-refractivity contribution in [3.05, 3.63) is 11.9 Å². The first-order chi connectivity index (χ1) is 7.20. The van der Waals surface area contributed by atoms with Crippen LogP contribution in [0, 0.1) is 6.92 Å². The maximum Gasteiger partial charge on any atom is 0.136 e. The maximum absolute atomic E-state index is 4.29. The molecule has 0 spiro atoms. The second kappa shape index (κ2) is 5.53. The smallest absolute Gasteiger partial charge is 0.136 e. The van der Waals surface area contributed by atoms with Crippen molar-refractivity contribution < 1.29 is 0 Å². The van der Waals surface area contributed by atoms with E-state index in [1.165, 1.54) is 0 Å². The molecule has 0 amide bonds. The van der Waals surface area contributed by atoms with Gasteiger partial charge >= 0.3 is 0 Å². The number of nitrogens with one attached hydrogen (secondary N) is 1. The van der Waals surface area contributed by atoms with E-state index in [-0.39, 0.29) is 0 Å². The first-order valence-electron chi connectivity index (χ1n) is 5.47. The second-order valence-electron chi connectivity index (χ2n) is 3.61. The lowest BCUT2D eigenvalue weighted by molar-refractivity contribution is 0.909. The van der Waals surface area contributed by atoms with E-state index in [1.807, 2.05) is 7.05 Å². The predicted octanol–water partition coefficient (Wildman–Crippen LogP) is 2.06. The lowest BCUT2D eigenvalue weighted by Gasteiger charge is -2.19. The van der Waals surface area contributed by atoms with Crippen LogP contribution in [0.3, 0.4) is 0 Å². The Bertz CT molecular complexity index is 311. The molecule has 0 radical (unpaired) electrons. The van der Waals surface area contributed by atoms with Crippen molar-refractivity contribution in [1.29, 1.82) is 0 Å². The molecule has 1 aromatic heterocycles. The maximum atomic E-state index is 4.29. The van der Waals surface area contributed by atoms with Crippen LogP contribution in [0.1, 0.15) is 25.8 Å². The van der Waals surface area contributed by atoms with Gasteiger partial charge in [-0.05, 0) is 20.3 Å². The number of nitrogens with zero attached hydrogens (tertiary/aromatic N) is 3. The molecule has 0 bridgehead atoms. The van der Waals surface area contributed by atoms with Crippen molar-refractivity contribution in [3.8, 4) is 0 Å². The fourth-order valence-electron chi connectivity index (χ4n) is 1.40. The van der Waals surface area contributed by atoms with Crippen LogP contribution < -0.4 is 10.2 Å². The first-order valence-corrected chi connectivity index (χ1v) is 5.47. The summed E-state index contributed by atoms with van der Waals surface area (Å²) in [6.07, 6.45) is 2.72. The number of anilines is 2. The van der Waals surface area contributed by atoms with Gasteiger partial charge < -0.3 is 10.2 Å². The van der Waals surface area contributed by atoms with Gasteiger partial charge in [0.15, 0.2) is 0 Å². The fraction of sp³-hybridized carbons (Fsp3) is 0.636. The van der Waals surface area contributed by atoms with Gasteiger partial charge in [-0.2, -0.15) is 0 Å². The van der Waals surface area contributed by atoms with Crippen molar-refractivity contribution in [2.24, 2.45) is 0 Å². The molecule has 1 rings (SSSR count). The summed E-state index contributed by atoms with van der Waals surface area (Å²) in [5.74, 6) is 1.95. The molecular formula is C11H20N4. The highest BCUT2D eigenvalue weighted by atomic mass is 15.2. The molecule has 0 aliphatic rings. The van der Waals surface area contributed by atoms with Gasteiger partial charge in [0.05, 0.1) is 0 Å². The molecule has 1 N–H and O–H groups in total. The minimum atomic E-state index is 0.946. The highest BCUT2D eigenvalue weighted by Crippen LogP contribution is 2.20. The van der Waals surface area contributed by atoms with E-state index in [2.05, 4.69) is 41.0 Å². The summed E-state index contributed by atoms with van der Waals surface area (Å²) in [5.41, 5.74) is 1.12. The molecule has 1 heterocycles. The molecule has 4 nitrogen and oxygen atoms in total. The van der Waals surface area contributed by atoms with Crippen molar-refractivity contribution in [3.63, 3.8) is 0 Å². The molecule has 0 saturated carbocycles. The summed E-state index contributed by atoms with van der Waals surface area (Å²) in [5, 5.41) is 3.30. The average molecular weight is 208 g/mol. The molecule has 84 valence electrons. The lowest BCUT2D eigenvalue weighted by Crippen LogP contribution is -2.19. The largest absolute Gasteiger partial charge is 0.370 e. The van der Waals surface area contributed by atoms with Gasteiger partial charge in [0.2, 0.25) is 0 Å². The Balaban J connectivity index is 2.90. The van der Waals surface area contributed by atoms with Gasteiger partial charge in [-0.1, -0.05) is 6.92 Å². The van der Waals surface area contributed by atoms with E-state index in [9.17, 15) is 0 Å². The zero-order chi connectivity index (χ0) is 11.3. The zero-order valence-corrected chi connectivity index (χ0v) is 10.0. The predicted molar refractivity (Wildman–Crippen MR) is 64.5 cm³/mol. The molecule has 0 aromatic carbocycles. The normalized spacial score (nSPS) is 10.1. The third kappa shape index (κ3) is 2.81. The van der Waals surface area contributed by atoms with Crippen LogP contribution in [0.15, 0.2) is 6.33 Å². The molecule has 0 aliphatic heterocycles. The summed E-state index contributed by atoms with van der Waals surface area (Å²) < 4.78 is 0. The van der Waals surface area contributed by atoms with Crippen molar-refractivity contribution in [2.45, 2.75) is 27.2 Å². The van der Waals surface area contributed by atoms with E-state index >= 15 is 0 Å². The van der Waals surface area contributed by atoms with Crippen LogP contribution in [0.2, 0.25) is 0 Å². The van der Waals surface area contributed by atoms with Gasteiger partial charge in [-0.3, -0.25) is 0 Å². The van der Waals surface area contributed by atoms with E-state index in [1.54, 1.807) is 6.33 Å². The Labute approximate surface area is 91.7 Å². The summed E-state index contributed by atoms with van der Waals surface area (Å²) in [4.78, 5) is 10.7. The van der Waals surface area contributed by atoms with Gasteiger partial charge in [0, 0.05) is 25.7 Å². The third-order valence-electron chi connectivity index (χ3n) is 2.44. The van der Waals surface area contributed by atoms with Gasteiger partial charge in [-0.15, -0.1) is 0 Å². The Morgan fingerprint density at radius 2 is 2.07 bits per heavy atom. The fourth-order valence-corrected chi connectivity index (χ4v) is 1.40. The Kier molecular flexibility index (Phi) is 4.34. The monoisotopic (exact) mass is 208 g/mol. The summed E-state index contributed by atoms with van der Waals surface area (Å²) in [7, 11) is 2.04. The minimum absolute atomic E-state index is 0.946. The molecule has 0 unspecified atom stereocenters. The number of hydrogen-bond donors (Lipinski definition) is 1. The van der Waals surface area contributed by atoms with Gasteiger partial charge in [0.25, 0.3) is 0 Å². The van der Waals surface area contributed by atoms with Crippen LogP contribution in [0.25, 0.3) is 0 Å². The van der Waals surface area contributed by atoms with Crippen LogP contribution >= 0.6 is 0 Å². The quantitative estimate of drug-likeness (QED) is 0.804. The molecule has 0 atom stereocenters.